The molecular formula is C17H21NO2. The normalized spacial score (nSPS) is 12.2. The SMILES string of the molecule is CNC(C)c1ccccc1Oc1cccc(COC)c1. The number of nitrogens with one attached hydrogen (secondary N) is 1. The van der Waals surface area contributed by atoms with E-state index < -0.39 is 0 Å². The Kier molecular flexibility index (Phi) is 5.16. The van der Waals surface area contributed by atoms with Crippen molar-refractivity contribution in [2.24, 2.45) is 0 Å². The van der Waals surface area contributed by atoms with E-state index in [9.17, 15) is 0 Å². The van der Waals surface area contributed by atoms with Crippen molar-refractivity contribution in [1.29, 1.82) is 0 Å². The Balaban J connectivity index is 2.23. The van der Waals surface area contributed by atoms with Crippen LogP contribution in [0.4, 0.5) is 0 Å². The summed E-state index contributed by atoms with van der Waals surface area (Å²) in [6, 6.07) is 16.3. The van der Waals surface area contributed by atoms with E-state index in [1.54, 1.807) is 7.11 Å². The lowest BCUT2D eigenvalue weighted by molar-refractivity contribution is 0.184. The Morgan fingerprint density at radius 1 is 1.10 bits per heavy atom. The van der Waals surface area contributed by atoms with Gasteiger partial charge in [-0.15, -0.1) is 0 Å². The smallest absolute Gasteiger partial charge is 0.132 e. The molecule has 0 spiro atoms. The summed E-state index contributed by atoms with van der Waals surface area (Å²) >= 11 is 0. The van der Waals surface area contributed by atoms with Gasteiger partial charge >= 0.3 is 0 Å². The molecule has 2 aromatic rings. The lowest BCUT2D eigenvalue weighted by Gasteiger charge is -2.16. The first-order valence-corrected chi connectivity index (χ1v) is 6.76. The highest BCUT2D eigenvalue weighted by Gasteiger charge is 2.10. The Morgan fingerprint density at radius 2 is 1.90 bits per heavy atom. The number of hydrogen-bond acceptors (Lipinski definition) is 3. The molecule has 0 fully saturated rings. The summed E-state index contributed by atoms with van der Waals surface area (Å²) in [5.41, 5.74) is 2.25. The lowest BCUT2D eigenvalue weighted by atomic mass is 10.1. The van der Waals surface area contributed by atoms with Crippen molar-refractivity contribution < 1.29 is 9.47 Å². The first-order chi connectivity index (χ1) is 9.74. The Labute approximate surface area is 120 Å². The molecule has 2 aromatic carbocycles. The van der Waals surface area contributed by atoms with Gasteiger partial charge in [0.25, 0.3) is 0 Å². The molecule has 0 heterocycles. The van der Waals surface area contributed by atoms with Gasteiger partial charge in [-0.1, -0.05) is 30.3 Å². The van der Waals surface area contributed by atoms with Crippen molar-refractivity contribution in [3.63, 3.8) is 0 Å². The van der Waals surface area contributed by atoms with E-state index in [1.807, 2.05) is 49.5 Å². The van der Waals surface area contributed by atoms with Crippen molar-refractivity contribution in [1.82, 2.24) is 5.32 Å². The molecule has 0 aliphatic rings. The van der Waals surface area contributed by atoms with Crippen LogP contribution in [0.3, 0.4) is 0 Å². The zero-order valence-electron chi connectivity index (χ0n) is 12.2. The maximum Gasteiger partial charge on any atom is 0.132 e. The van der Waals surface area contributed by atoms with Gasteiger partial charge in [-0.05, 0) is 37.7 Å². The second kappa shape index (κ2) is 7.08. The number of rotatable bonds is 6. The molecule has 0 saturated carbocycles. The average molecular weight is 271 g/mol. The van der Waals surface area contributed by atoms with Crippen molar-refractivity contribution in [3.8, 4) is 11.5 Å². The third-order valence-electron chi connectivity index (χ3n) is 3.26. The number of para-hydroxylation sites is 1. The third kappa shape index (κ3) is 3.59. The van der Waals surface area contributed by atoms with Crippen LogP contribution < -0.4 is 10.1 Å². The van der Waals surface area contributed by atoms with Crippen LogP contribution in [-0.4, -0.2) is 14.2 Å². The summed E-state index contributed by atoms with van der Waals surface area (Å²) in [5.74, 6) is 1.71. The van der Waals surface area contributed by atoms with Gasteiger partial charge in [-0.25, -0.2) is 0 Å². The quantitative estimate of drug-likeness (QED) is 0.864. The van der Waals surface area contributed by atoms with E-state index in [1.165, 1.54) is 0 Å². The van der Waals surface area contributed by atoms with Gasteiger partial charge in [-0.3, -0.25) is 0 Å². The van der Waals surface area contributed by atoms with Crippen LogP contribution in [0.2, 0.25) is 0 Å². The first kappa shape index (κ1) is 14.6. The zero-order chi connectivity index (χ0) is 14.4. The standard InChI is InChI=1S/C17H21NO2/c1-13(18-2)16-9-4-5-10-17(16)20-15-8-6-7-14(11-15)12-19-3/h4-11,13,18H,12H2,1-3H3. The fourth-order valence-corrected chi connectivity index (χ4v) is 2.08. The Morgan fingerprint density at radius 3 is 2.65 bits per heavy atom. The van der Waals surface area contributed by atoms with E-state index in [0.717, 1.165) is 22.6 Å². The molecular weight excluding hydrogens is 250 g/mol. The molecule has 0 amide bonds. The summed E-state index contributed by atoms with van der Waals surface area (Å²) in [4.78, 5) is 0. The Hall–Kier alpha value is -1.84. The Bertz CT molecular complexity index is 554. The molecule has 0 aromatic heterocycles. The lowest BCUT2D eigenvalue weighted by Crippen LogP contribution is -2.13. The van der Waals surface area contributed by atoms with Crippen molar-refractivity contribution in [2.75, 3.05) is 14.2 Å². The van der Waals surface area contributed by atoms with Gasteiger partial charge in [0, 0.05) is 18.7 Å². The molecule has 1 unspecified atom stereocenters. The summed E-state index contributed by atoms with van der Waals surface area (Å²) < 4.78 is 11.2. The van der Waals surface area contributed by atoms with E-state index in [2.05, 4.69) is 18.3 Å². The van der Waals surface area contributed by atoms with E-state index in [0.29, 0.717) is 6.61 Å². The molecule has 0 bridgehead atoms. The van der Waals surface area contributed by atoms with Crippen molar-refractivity contribution >= 4 is 0 Å². The summed E-state index contributed by atoms with van der Waals surface area (Å²) in [6.45, 7) is 2.70. The van der Waals surface area contributed by atoms with Crippen LogP contribution in [0.25, 0.3) is 0 Å². The minimum atomic E-state index is 0.244. The van der Waals surface area contributed by atoms with Gasteiger partial charge < -0.3 is 14.8 Å². The largest absolute Gasteiger partial charge is 0.457 e. The highest BCUT2D eigenvalue weighted by molar-refractivity contribution is 5.40. The molecule has 1 N–H and O–H groups in total. The zero-order valence-corrected chi connectivity index (χ0v) is 12.2. The summed E-state index contributed by atoms with van der Waals surface area (Å²) in [5, 5.41) is 3.24. The minimum absolute atomic E-state index is 0.244. The maximum atomic E-state index is 6.02. The molecule has 0 aliphatic heterocycles. The van der Waals surface area contributed by atoms with Gasteiger partial charge in [-0.2, -0.15) is 0 Å². The van der Waals surface area contributed by atoms with Crippen molar-refractivity contribution in [3.05, 3.63) is 59.7 Å². The molecule has 0 saturated heterocycles. The highest BCUT2D eigenvalue weighted by atomic mass is 16.5. The topological polar surface area (TPSA) is 30.5 Å². The molecule has 1 atom stereocenters. The molecule has 0 aliphatic carbocycles. The minimum Gasteiger partial charge on any atom is -0.457 e. The number of methoxy groups -OCH3 is 1. The van der Waals surface area contributed by atoms with Gasteiger partial charge in [0.15, 0.2) is 0 Å². The van der Waals surface area contributed by atoms with Crippen molar-refractivity contribution in [2.45, 2.75) is 19.6 Å². The predicted octanol–water partition coefficient (Wildman–Crippen LogP) is 3.91. The second-order valence-electron chi connectivity index (χ2n) is 4.73. The molecule has 3 heteroatoms. The van der Waals surface area contributed by atoms with E-state index in [-0.39, 0.29) is 6.04 Å². The van der Waals surface area contributed by atoms with Crippen LogP contribution in [0.15, 0.2) is 48.5 Å². The van der Waals surface area contributed by atoms with Crippen LogP contribution >= 0.6 is 0 Å². The first-order valence-electron chi connectivity index (χ1n) is 6.76. The number of hydrogen-bond donors (Lipinski definition) is 1. The third-order valence-corrected chi connectivity index (χ3v) is 3.26. The monoisotopic (exact) mass is 271 g/mol. The second-order valence-corrected chi connectivity index (χ2v) is 4.73. The molecule has 20 heavy (non-hydrogen) atoms. The van der Waals surface area contributed by atoms with Gasteiger partial charge in [0.05, 0.1) is 6.61 Å². The molecule has 2 rings (SSSR count). The van der Waals surface area contributed by atoms with Crippen LogP contribution in [0.1, 0.15) is 24.1 Å². The molecule has 3 nitrogen and oxygen atoms in total. The molecule has 106 valence electrons. The predicted molar refractivity (Wildman–Crippen MR) is 81.1 cm³/mol. The number of benzene rings is 2. The fourth-order valence-electron chi connectivity index (χ4n) is 2.08. The van der Waals surface area contributed by atoms with Gasteiger partial charge in [0.2, 0.25) is 0 Å². The fraction of sp³-hybridized carbons (Fsp3) is 0.294. The summed E-state index contributed by atoms with van der Waals surface area (Å²) in [7, 11) is 3.64. The van der Waals surface area contributed by atoms with Crippen LogP contribution in [0.5, 0.6) is 11.5 Å². The van der Waals surface area contributed by atoms with Crippen LogP contribution in [-0.2, 0) is 11.3 Å². The maximum absolute atomic E-state index is 6.02. The van der Waals surface area contributed by atoms with Gasteiger partial charge in [0.1, 0.15) is 11.5 Å². The average Bonchev–Trinajstić information content (AvgIpc) is 2.48. The van der Waals surface area contributed by atoms with E-state index >= 15 is 0 Å². The summed E-state index contributed by atoms with van der Waals surface area (Å²) in [6.07, 6.45) is 0. The van der Waals surface area contributed by atoms with E-state index in [4.69, 9.17) is 9.47 Å². The molecule has 0 radical (unpaired) electrons. The van der Waals surface area contributed by atoms with Crippen LogP contribution in [0, 0.1) is 0 Å². The highest BCUT2D eigenvalue weighted by Crippen LogP contribution is 2.29. The number of ether oxygens (including phenoxy) is 2.